The van der Waals surface area contributed by atoms with Gasteiger partial charge in [-0.05, 0) is 51.1 Å². The van der Waals surface area contributed by atoms with E-state index in [1.807, 2.05) is 66.7 Å². The molecule has 10 rings (SSSR count). The van der Waals surface area contributed by atoms with E-state index in [0.29, 0.717) is 17.5 Å². The Bertz CT molecular complexity index is 2760. The lowest BCUT2D eigenvalue weighted by Gasteiger charge is -2.21. The van der Waals surface area contributed by atoms with Gasteiger partial charge in [0, 0.05) is 38.4 Å². The van der Waals surface area contributed by atoms with Gasteiger partial charge in [-0.25, -0.2) is 15.0 Å². The van der Waals surface area contributed by atoms with E-state index in [1.165, 1.54) is 22.3 Å². The summed E-state index contributed by atoms with van der Waals surface area (Å²) >= 11 is 0. The number of hydrogen-bond donors (Lipinski definition) is 0. The monoisotopic (exact) mass is 667 g/mol. The van der Waals surface area contributed by atoms with Gasteiger partial charge in [0.05, 0.1) is 0 Å². The van der Waals surface area contributed by atoms with E-state index in [-0.39, 0.29) is 5.41 Å². The molecule has 0 fully saturated rings. The van der Waals surface area contributed by atoms with Crippen molar-refractivity contribution in [2.24, 2.45) is 0 Å². The van der Waals surface area contributed by atoms with Gasteiger partial charge in [-0.15, -0.1) is 0 Å². The zero-order valence-corrected chi connectivity index (χ0v) is 28.8. The summed E-state index contributed by atoms with van der Waals surface area (Å²) in [4.78, 5) is 15.1. The number of nitrogens with zero attached hydrogens (tertiary/aromatic N) is 3. The van der Waals surface area contributed by atoms with Crippen LogP contribution in [0.3, 0.4) is 0 Å². The molecule has 0 bridgehead atoms. The summed E-state index contributed by atoms with van der Waals surface area (Å²) < 4.78 is 6.61. The number of fused-ring (bicyclic) bond motifs is 7. The predicted molar refractivity (Wildman–Crippen MR) is 212 cm³/mol. The Hall–Kier alpha value is -6.65. The first kappa shape index (κ1) is 30.2. The maximum atomic E-state index is 6.61. The lowest BCUT2D eigenvalue weighted by molar-refractivity contribution is 0.653. The van der Waals surface area contributed by atoms with Crippen LogP contribution in [-0.4, -0.2) is 15.0 Å². The van der Waals surface area contributed by atoms with Crippen LogP contribution in [0.25, 0.3) is 89.5 Å². The molecule has 0 spiro atoms. The zero-order chi connectivity index (χ0) is 34.8. The van der Waals surface area contributed by atoms with E-state index in [2.05, 4.69) is 111 Å². The van der Waals surface area contributed by atoms with Crippen molar-refractivity contribution in [2.75, 3.05) is 0 Å². The molecule has 0 N–H and O–H groups in total. The Morgan fingerprint density at radius 2 is 0.942 bits per heavy atom. The molecule has 246 valence electrons. The second-order valence-corrected chi connectivity index (χ2v) is 14.0. The molecule has 2 heterocycles. The number of hydrogen-bond acceptors (Lipinski definition) is 4. The van der Waals surface area contributed by atoms with E-state index >= 15 is 0 Å². The van der Waals surface area contributed by atoms with E-state index in [0.717, 1.165) is 60.9 Å². The van der Waals surface area contributed by atoms with Crippen molar-refractivity contribution in [1.82, 2.24) is 15.0 Å². The van der Waals surface area contributed by atoms with Gasteiger partial charge >= 0.3 is 0 Å². The molecule has 0 unspecified atom stereocenters. The summed E-state index contributed by atoms with van der Waals surface area (Å²) in [6.45, 7) is 4.64. The standard InChI is InChI=1S/C48H33N3O/c1-48(2)40-27-25-32(29-39(40)43-41(48)28-26-37-36-22-13-14-24-42(36)52-44(37)43)33-19-9-10-20-34(33)35-21-11-12-23-38(35)47-50-45(30-15-5-3-6-16-30)49-46(51-47)31-17-7-4-8-18-31/h3-29H,1-2H3. The van der Waals surface area contributed by atoms with Gasteiger partial charge in [-0.2, -0.15) is 0 Å². The average Bonchev–Trinajstić information content (AvgIpc) is 3.70. The SMILES string of the molecule is CC1(C)c2ccc(-c3ccccc3-c3ccccc3-c3nc(-c4ccccc4)nc(-c4ccccc4)n3)cc2-c2c1ccc1c2oc2ccccc21. The molecule has 0 atom stereocenters. The molecule has 1 aliphatic rings. The molecule has 52 heavy (non-hydrogen) atoms. The van der Waals surface area contributed by atoms with Crippen LogP contribution in [0.1, 0.15) is 25.0 Å². The summed E-state index contributed by atoms with van der Waals surface area (Å²) in [5, 5.41) is 2.30. The number of para-hydroxylation sites is 1. The minimum Gasteiger partial charge on any atom is -0.455 e. The Morgan fingerprint density at radius 1 is 0.404 bits per heavy atom. The molecular weight excluding hydrogens is 635 g/mol. The third-order valence-corrected chi connectivity index (χ3v) is 10.6. The van der Waals surface area contributed by atoms with E-state index < -0.39 is 0 Å². The van der Waals surface area contributed by atoms with Crippen molar-refractivity contribution in [3.8, 4) is 67.5 Å². The minimum atomic E-state index is -0.159. The van der Waals surface area contributed by atoms with Crippen LogP contribution in [0.5, 0.6) is 0 Å². The van der Waals surface area contributed by atoms with Crippen LogP contribution >= 0.6 is 0 Å². The Balaban J connectivity index is 1.15. The maximum absolute atomic E-state index is 6.61. The van der Waals surface area contributed by atoms with Gasteiger partial charge in [-0.1, -0.05) is 166 Å². The fraction of sp³-hybridized carbons (Fsp3) is 0.0625. The molecule has 0 radical (unpaired) electrons. The second kappa shape index (κ2) is 11.7. The minimum absolute atomic E-state index is 0.159. The highest BCUT2D eigenvalue weighted by molar-refractivity contribution is 6.12. The summed E-state index contributed by atoms with van der Waals surface area (Å²) in [7, 11) is 0. The van der Waals surface area contributed by atoms with Gasteiger partial charge in [0.25, 0.3) is 0 Å². The fourth-order valence-electron chi connectivity index (χ4n) is 8.00. The summed E-state index contributed by atoms with van der Waals surface area (Å²) in [6, 6.07) is 57.1. The Labute approximate surface area is 302 Å². The quantitative estimate of drug-likeness (QED) is 0.183. The fourth-order valence-corrected chi connectivity index (χ4v) is 8.00. The molecular formula is C48H33N3O. The van der Waals surface area contributed by atoms with Crippen LogP contribution < -0.4 is 0 Å². The van der Waals surface area contributed by atoms with Crippen molar-refractivity contribution in [3.63, 3.8) is 0 Å². The second-order valence-electron chi connectivity index (χ2n) is 14.0. The smallest absolute Gasteiger partial charge is 0.164 e. The Kier molecular flexibility index (Phi) is 6.80. The molecule has 0 saturated heterocycles. The highest BCUT2D eigenvalue weighted by atomic mass is 16.3. The molecule has 4 nitrogen and oxygen atoms in total. The van der Waals surface area contributed by atoms with Gasteiger partial charge in [0.2, 0.25) is 0 Å². The van der Waals surface area contributed by atoms with E-state index in [4.69, 9.17) is 19.4 Å². The molecule has 0 amide bonds. The first-order valence-electron chi connectivity index (χ1n) is 17.7. The van der Waals surface area contributed by atoms with Crippen LogP contribution in [0.2, 0.25) is 0 Å². The maximum Gasteiger partial charge on any atom is 0.164 e. The molecule has 0 aliphatic heterocycles. The van der Waals surface area contributed by atoms with Gasteiger partial charge in [0.1, 0.15) is 11.2 Å². The molecule has 0 saturated carbocycles. The van der Waals surface area contributed by atoms with Crippen molar-refractivity contribution in [3.05, 3.63) is 175 Å². The summed E-state index contributed by atoms with van der Waals surface area (Å²) in [5.74, 6) is 1.92. The van der Waals surface area contributed by atoms with Crippen molar-refractivity contribution in [1.29, 1.82) is 0 Å². The summed E-state index contributed by atoms with van der Waals surface area (Å²) in [5.41, 5.74) is 14.0. The third-order valence-electron chi connectivity index (χ3n) is 10.6. The van der Waals surface area contributed by atoms with E-state index in [9.17, 15) is 0 Å². The number of furan rings is 1. The predicted octanol–water partition coefficient (Wildman–Crippen LogP) is 12.4. The number of benzene rings is 7. The van der Waals surface area contributed by atoms with Crippen LogP contribution in [0, 0.1) is 0 Å². The number of rotatable bonds is 5. The first-order valence-corrected chi connectivity index (χ1v) is 17.7. The zero-order valence-electron chi connectivity index (χ0n) is 28.8. The average molecular weight is 668 g/mol. The topological polar surface area (TPSA) is 51.8 Å². The molecule has 1 aliphatic carbocycles. The molecule has 4 heteroatoms. The molecule has 7 aromatic carbocycles. The van der Waals surface area contributed by atoms with Crippen molar-refractivity contribution < 1.29 is 4.42 Å². The highest BCUT2D eigenvalue weighted by Gasteiger charge is 2.38. The van der Waals surface area contributed by atoms with Crippen molar-refractivity contribution in [2.45, 2.75) is 19.3 Å². The van der Waals surface area contributed by atoms with Gasteiger partial charge in [0.15, 0.2) is 17.5 Å². The lowest BCUT2D eigenvalue weighted by atomic mass is 9.82. The molecule has 2 aromatic heterocycles. The third kappa shape index (κ3) is 4.72. The van der Waals surface area contributed by atoms with E-state index in [1.54, 1.807) is 0 Å². The Morgan fingerprint density at radius 3 is 1.63 bits per heavy atom. The van der Waals surface area contributed by atoms with Crippen LogP contribution in [-0.2, 0) is 5.41 Å². The largest absolute Gasteiger partial charge is 0.455 e. The normalized spacial score (nSPS) is 13.0. The molecule has 9 aromatic rings. The van der Waals surface area contributed by atoms with Crippen molar-refractivity contribution >= 4 is 21.9 Å². The van der Waals surface area contributed by atoms with Crippen LogP contribution in [0.15, 0.2) is 168 Å². The van der Waals surface area contributed by atoms with Gasteiger partial charge in [-0.3, -0.25) is 0 Å². The summed E-state index contributed by atoms with van der Waals surface area (Å²) in [6.07, 6.45) is 0. The van der Waals surface area contributed by atoms with Crippen LogP contribution in [0.4, 0.5) is 0 Å². The first-order chi connectivity index (χ1) is 25.5. The van der Waals surface area contributed by atoms with Gasteiger partial charge < -0.3 is 4.42 Å². The number of aromatic nitrogens is 3. The lowest BCUT2D eigenvalue weighted by Crippen LogP contribution is -2.14. The highest BCUT2D eigenvalue weighted by Crippen LogP contribution is 2.53.